The zero-order valence-corrected chi connectivity index (χ0v) is 13.7. The minimum absolute atomic E-state index is 0.0291. The number of nitrogens with zero attached hydrogens (tertiary/aromatic N) is 3. The number of pyridine rings is 1. The van der Waals surface area contributed by atoms with Crippen LogP contribution in [0, 0.1) is 0 Å². The van der Waals surface area contributed by atoms with E-state index < -0.39 is 6.61 Å². The summed E-state index contributed by atoms with van der Waals surface area (Å²) in [4.78, 5) is 12.6. The van der Waals surface area contributed by atoms with Gasteiger partial charge in [-0.1, -0.05) is 6.42 Å². The third kappa shape index (κ3) is 5.51. The Morgan fingerprint density at radius 3 is 2.68 bits per heavy atom. The predicted molar refractivity (Wildman–Crippen MR) is 87.7 cm³/mol. The summed E-state index contributed by atoms with van der Waals surface area (Å²) in [6.07, 6.45) is 10.4. The van der Waals surface area contributed by atoms with Crippen molar-refractivity contribution in [3.63, 3.8) is 0 Å². The SMILES string of the molecule is FC(F)Oc1ccc(CNc2cncc(OC3CCCCC3)n2)nc1. The van der Waals surface area contributed by atoms with Crippen LogP contribution in [0.2, 0.25) is 0 Å². The second kappa shape index (κ2) is 8.55. The van der Waals surface area contributed by atoms with Crippen LogP contribution < -0.4 is 14.8 Å². The van der Waals surface area contributed by atoms with E-state index in [1.54, 1.807) is 18.5 Å². The van der Waals surface area contributed by atoms with Crippen molar-refractivity contribution in [3.05, 3.63) is 36.4 Å². The van der Waals surface area contributed by atoms with Gasteiger partial charge in [0, 0.05) is 0 Å². The Balaban J connectivity index is 1.53. The van der Waals surface area contributed by atoms with Gasteiger partial charge in [0.1, 0.15) is 17.7 Å². The molecule has 1 fully saturated rings. The first-order chi connectivity index (χ1) is 12.2. The number of nitrogens with one attached hydrogen (secondary N) is 1. The lowest BCUT2D eigenvalue weighted by atomic mass is 9.98. The molecule has 1 aliphatic rings. The van der Waals surface area contributed by atoms with E-state index in [9.17, 15) is 8.78 Å². The molecule has 134 valence electrons. The lowest BCUT2D eigenvalue weighted by Gasteiger charge is -2.22. The van der Waals surface area contributed by atoms with Gasteiger partial charge in [0.15, 0.2) is 0 Å². The summed E-state index contributed by atoms with van der Waals surface area (Å²) in [5.41, 5.74) is 0.669. The fraction of sp³-hybridized carbons (Fsp3) is 0.471. The van der Waals surface area contributed by atoms with Crippen LogP contribution in [-0.2, 0) is 6.54 Å². The van der Waals surface area contributed by atoms with E-state index in [0.717, 1.165) is 12.8 Å². The number of halogens is 2. The van der Waals surface area contributed by atoms with Gasteiger partial charge in [-0.2, -0.15) is 13.8 Å². The molecular weight excluding hydrogens is 330 g/mol. The second-order valence-electron chi connectivity index (χ2n) is 5.84. The summed E-state index contributed by atoms with van der Waals surface area (Å²) in [6, 6.07) is 3.06. The monoisotopic (exact) mass is 350 g/mol. The molecule has 8 heteroatoms. The topological polar surface area (TPSA) is 69.2 Å². The van der Waals surface area contributed by atoms with Crippen LogP contribution in [0.25, 0.3) is 0 Å². The second-order valence-corrected chi connectivity index (χ2v) is 5.84. The van der Waals surface area contributed by atoms with E-state index in [2.05, 4.69) is 25.0 Å². The van der Waals surface area contributed by atoms with Gasteiger partial charge in [0.05, 0.1) is 30.8 Å². The van der Waals surface area contributed by atoms with Crippen molar-refractivity contribution in [1.82, 2.24) is 15.0 Å². The lowest BCUT2D eigenvalue weighted by Crippen LogP contribution is -2.20. The van der Waals surface area contributed by atoms with Crippen LogP contribution >= 0.6 is 0 Å². The molecule has 0 saturated heterocycles. The van der Waals surface area contributed by atoms with E-state index in [-0.39, 0.29) is 11.9 Å². The van der Waals surface area contributed by atoms with Crippen molar-refractivity contribution in [2.45, 2.75) is 51.4 Å². The largest absolute Gasteiger partial charge is 0.473 e. The third-order valence-electron chi connectivity index (χ3n) is 3.93. The van der Waals surface area contributed by atoms with Crippen LogP contribution in [0.5, 0.6) is 11.6 Å². The summed E-state index contributed by atoms with van der Waals surface area (Å²) in [6.45, 7) is -2.47. The molecule has 6 nitrogen and oxygen atoms in total. The van der Waals surface area contributed by atoms with Crippen LogP contribution in [0.4, 0.5) is 14.6 Å². The molecule has 0 radical (unpaired) electrons. The average molecular weight is 350 g/mol. The number of ether oxygens (including phenoxy) is 2. The molecule has 1 N–H and O–H groups in total. The quantitative estimate of drug-likeness (QED) is 0.819. The molecule has 25 heavy (non-hydrogen) atoms. The van der Waals surface area contributed by atoms with Gasteiger partial charge in [-0.15, -0.1) is 0 Å². The lowest BCUT2D eigenvalue weighted by molar-refractivity contribution is -0.0500. The maximum Gasteiger partial charge on any atom is 0.387 e. The number of rotatable bonds is 7. The zero-order chi connectivity index (χ0) is 17.5. The summed E-state index contributed by atoms with van der Waals surface area (Å²) in [7, 11) is 0. The summed E-state index contributed by atoms with van der Waals surface area (Å²) in [5, 5.41) is 3.09. The zero-order valence-electron chi connectivity index (χ0n) is 13.7. The summed E-state index contributed by atoms with van der Waals surface area (Å²) < 4.78 is 34.4. The van der Waals surface area contributed by atoms with Gasteiger partial charge in [-0.05, 0) is 37.8 Å². The average Bonchev–Trinajstić information content (AvgIpc) is 2.62. The van der Waals surface area contributed by atoms with Gasteiger partial charge in [0.2, 0.25) is 5.88 Å². The molecule has 0 amide bonds. The minimum atomic E-state index is -2.85. The molecule has 2 aromatic rings. The molecule has 0 spiro atoms. The Hall–Kier alpha value is -2.51. The number of alkyl halides is 2. The van der Waals surface area contributed by atoms with Crippen molar-refractivity contribution in [2.24, 2.45) is 0 Å². The van der Waals surface area contributed by atoms with E-state index in [4.69, 9.17) is 4.74 Å². The smallest absolute Gasteiger partial charge is 0.387 e. The van der Waals surface area contributed by atoms with Crippen molar-refractivity contribution < 1.29 is 18.3 Å². The molecular formula is C17H20F2N4O2. The van der Waals surface area contributed by atoms with Crippen LogP contribution in [0.1, 0.15) is 37.8 Å². The molecule has 1 aliphatic carbocycles. The van der Waals surface area contributed by atoms with Gasteiger partial charge < -0.3 is 14.8 Å². The highest BCUT2D eigenvalue weighted by Crippen LogP contribution is 2.22. The molecule has 2 heterocycles. The van der Waals surface area contributed by atoms with Gasteiger partial charge in [-0.3, -0.25) is 9.97 Å². The van der Waals surface area contributed by atoms with Gasteiger partial charge in [-0.25, -0.2) is 0 Å². The summed E-state index contributed by atoms with van der Waals surface area (Å²) >= 11 is 0. The Labute approximate surface area is 144 Å². The predicted octanol–water partition coefficient (Wildman–Crippen LogP) is 3.80. The Morgan fingerprint density at radius 1 is 1.12 bits per heavy atom. The molecule has 0 bridgehead atoms. The van der Waals surface area contributed by atoms with Crippen LogP contribution in [0.3, 0.4) is 0 Å². The fourth-order valence-corrected chi connectivity index (χ4v) is 2.71. The third-order valence-corrected chi connectivity index (χ3v) is 3.93. The maximum absolute atomic E-state index is 12.1. The standard InChI is InChI=1S/C17H20F2N4O2/c18-17(19)25-14-7-6-12(21-9-14)8-22-15-10-20-11-16(23-15)24-13-4-2-1-3-5-13/h6-7,9-11,13,17H,1-5,8H2,(H,22,23). The molecule has 3 rings (SSSR count). The highest BCUT2D eigenvalue weighted by atomic mass is 19.3. The van der Waals surface area contributed by atoms with E-state index in [1.165, 1.54) is 31.5 Å². The molecule has 0 unspecified atom stereocenters. The normalized spacial score (nSPS) is 15.2. The van der Waals surface area contributed by atoms with Gasteiger partial charge >= 0.3 is 6.61 Å². The van der Waals surface area contributed by atoms with E-state index in [0.29, 0.717) is 23.9 Å². The summed E-state index contributed by atoms with van der Waals surface area (Å²) in [5.74, 6) is 1.11. The highest BCUT2D eigenvalue weighted by Gasteiger charge is 2.15. The minimum Gasteiger partial charge on any atom is -0.473 e. The van der Waals surface area contributed by atoms with E-state index in [1.807, 2.05) is 0 Å². The first-order valence-electron chi connectivity index (χ1n) is 8.31. The first-order valence-corrected chi connectivity index (χ1v) is 8.31. The van der Waals surface area contributed by atoms with Crippen LogP contribution in [0.15, 0.2) is 30.7 Å². The van der Waals surface area contributed by atoms with Crippen molar-refractivity contribution in [3.8, 4) is 11.6 Å². The Morgan fingerprint density at radius 2 is 1.96 bits per heavy atom. The number of hydrogen-bond acceptors (Lipinski definition) is 6. The fourth-order valence-electron chi connectivity index (χ4n) is 2.71. The molecule has 0 atom stereocenters. The molecule has 0 aliphatic heterocycles. The maximum atomic E-state index is 12.1. The molecule has 2 aromatic heterocycles. The Kier molecular flexibility index (Phi) is 5.92. The van der Waals surface area contributed by atoms with E-state index >= 15 is 0 Å². The van der Waals surface area contributed by atoms with Crippen LogP contribution in [-0.4, -0.2) is 27.7 Å². The van der Waals surface area contributed by atoms with Crippen molar-refractivity contribution in [1.29, 1.82) is 0 Å². The van der Waals surface area contributed by atoms with Crippen molar-refractivity contribution in [2.75, 3.05) is 5.32 Å². The first kappa shape index (κ1) is 17.3. The molecule has 1 saturated carbocycles. The number of anilines is 1. The molecule has 0 aromatic carbocycles. The highest BCUT2D eigenvalue weighted by molar-refractivity contribution is 5.34. The number of hydrogen-bond donors (Lipinski definition) is 1. The Bertz CT molecular complexity index is 664. The van der Waals surface area contributed by atoms with Gasteiger partial charge in [0.25, 0.3) is 0 Å². The van der Waals surface area contributed by atoms with Crippen molar-refractivity contribution >= 4 is 5.82 Å². The number of aromatic nitrogens is 3.